The van der Waals surface area contributed by atoms with E-state index in [4.69, 9.17) is 5.73 Å². The van der Waals surface area contributed by atoms with Crippen molar-refractivity contribution in [2.24, 2.45) is 5.73 Å². The summed E-state index contributed by atoms with van der Waals surface area (Å²) in [6.07, 6.45) is 8.45. The van der Waals surface area contributed by atoms with E-state index in [1.54, 1.807) is 6.20 Å². The van der Waals surface area contributed by atoms with Gasteiger partial charge in [-0.05, 0) is 25.8 Å². The van der Waals surface area contributed by atoms with Crippen LogP contribution in [0.15, 0.2) is 18.5 Å². The van der Waals surface area contributed by atoms with Crippen LogP contribution in [-0.2, 0) is 0 Å². The summed E-state index contributed by atoms with van der Waals surface area (Å²) >= 11 is 0. The van der Waals surface area contributed by atoms with Gasteiger partial charge in [-0.3, -0.25) is 0 Å². The van der Waals surface area contributed by atoms with E-state index in [-0.39, 0.29) is 6.04 Å². The maximum Gasteiger partial charge on any atom is 0.154 e. The molecule has 0 amide bonds. The predicted octanol–water partition coefficient (Wildman–Crippen LogP) is 1.74. The van der Waals surface area contributed by atoms with Gasteiger partial charge in [0.15, 0.2) is 5.82 Å². The van der Waals surface area contributed by atoms with E-state index in [0.717, 1.165) is 29.9 Å². The van der Waals surface area contributed by atoms with Crippen molar-refractivity contribution < 1.29 is 0 Å². The minimum absolute atomic E-state index is 0.241. The maximum atomic E-state index is 6.27. The average Bonchev–Trinajstić information content (AvgIpc) is 2.78. The molecule has 1 fully saturated rings. The highest BCUT2D eigenvalue weighted by Gasteiger charge is 2.27. The second-order valence-corrected chi connectivity index (χ2v) is 5.49. The van der Waals surface area contributed by atoms with Crippen LogP contribution in [0.1, 0.15) is 31.4 Å². The number of nitrogens with zero attached hydrogens (tertiary/aromatic N) is 4. The fraction of sp³-hybridized carbons (Fsp3) is 0.571. The van der Waals surface area contributed by atoms with Crippen LogP contribution in [-0.4, -0.2) is 33.7 Å². The van der Waals surface area contributed by atoms with Crippen LogP contribution in [0.3, 0.4) is 0 Å². The highest BCUT2D eigenvalue weighted by atomic mass is 15.3. The van der Waals surface area contributed by atoms with Crippen molar-refractivity contribution in [2.45, 2.75) is 44.7 Å². The van der Waals surface area contributed by atoms with Gasteiger partial charge in [0.05, 0.1) is 5.69 Å². The molecule has 5 heteroatoms. The molecule has 0 radical (unpaired) electrons. The number of hydrogen-bond acceptors (Lipinski definition) is 4. The van der Waals surface area contributed by atoms with Gasteiger partial charge in [-0.25, -0.2) is 9.50 Å². The average molecular weight is 259 g/mol. The van der Waals surface area contributed by atoms with E-state index >= 15 is 0 Å². The zero-order valence-electron chi connectivity index (χ0n) is 11.6. The van der Waals surface area contributed by atoms with Crippen molar-refractivity contribution in [3.05, 3.63) is 24.2 Å². The number of aromatic nitrogens is 3. The van der Waals surface area contributed by atoms with Gasteiger partial charge in [-0.15, -0.1) is 0 Å². The molecule has 2 atom stereocenters. The quantitative estimate of drug-likeness (QED) is 0.892. The Kier molecular flexibility index (Phi) is 3.14. The van der Waals surface area contributed by atoms with Gasteiger partial charge >= 0.3 is 0 Å². The highest BCUT2D eigenvalue weighted by Crippen LogP contribution is 2.27. The summed E-state index contributed by atoms with van der Waals surface area (Å²) < 4.78 is 1.89. The van der Waals surface area contributed by atoms with E-state index < -0.39 is 0 Å². The zero-order chi connectivity index (χ0) is 13.4. The molecule has 0 spiro atoms. The van der Waals surface area contributed by atoms with Crippen LogP contribution in [0.2, 0.25) is 0 Å². The molecule has 2 N–H and O–H groups in total. The monoisotopic (exact) mass is 259 g/mol. The minimum atomic E-state index is 0.241. The summed E-state index contributed by atoms with van der Waals surface area (Å²) in [4.78, 5) is 6.78. The first-order valence-electron chi connectivity index (χ1n) is 6.96. The lowest BCUT2D eigenvalue weighted by Gasteiger charge is -2.36. The molecule has 0 aliphatic heterocycles. The molecule has 0 saturated heterocycles. The summed E-state index contributed by atoms with van der Waals surface area (Å²) in [6, 6.07) is 2.69. The van der Waals surface area contributed by atoms with Crippen LogP contribution in [0.25, 0.3) is 5.52 Å². The normalized spacial score (nSPS) is 23.7. The molecule has 19 heavy (non-hydrogen) atoms. The van der Waals surface area contributed by atoms with Gasteiger partial charge in [-0.2, -0.15) is 5.10 Å². The Morgan fingerprint density at radius 2 is 2.16 bits per heavy atom. The van der Waals surface area contributed by atoms with Crippen molar-refractivity contribution in [3.8, 4) is 0 Å². The predicted molar refractivity (Wildman–Crippen MR) is 76.4 cm³/mol. The first kappa shape index (κ1) is 12.4. The topological polar surface area (TPSA) is 59.5 Å². The number of rotatable bonds is 2. The highest BCUT2D eigenvalue weighted by molar-refractivity contribution is 5.69. The Hall–Kier alpha value is -1.62. The second kappa shape index (κ2) is 4.81. The van der Waals surface area contributed by atoms with Crippen LogP contribution in [0.5, 0.6) is 0 Å². The fourth-order valence-corrected chi connectivity index (χ4v) is 3.08. The Balaban J connectivity index is 1.98. The third-order valence-corrected chi connectivity index (χ3v) is 4.10. The maximum absolute atomic E-state index is 6.27. The van der Waals surface area contributed by atoms with Crippen LogP contribution in [0.4, 0.5) is 5.82 Å². The molecular weight excluding hydrogens is 238 g/mol. The third kappa shape index (κ3) is 2.18. The Bertz CT molecular complexity index is 576. The van der Waals surface area contributed by atoms with Crippen molar-refractivity contribution >= 4 is 11.3 Å². The van der Waals surface area contributed by atoms with Crippen LogP contribution >= 0.6 is 0 Å². The Morgan fingerprint density at radius 1 is 1.37 bits per heavy atom. The van der Waals surface area contributed by atoms with Gasteiger partial charge in [0.25, 0.3) is 0 Å². The van der Waals surface area contributed by atoms with E-state index in [9.17, 15) is 0 Å². The first-order valence-corrected chi connectivity index (χ1v) is 6.96. The molecule has 1 saturated carbocycles. The van der Waals surface area contributed by atoms with Gasteiger partial charge in [0.1, 0.15) is 5.52 Å². The molecule has 102 valence electrons. The van der Waals surface area contributed by atoms with E-state index in [1.165, 1.54) is 12.8 Å². The van der Waals surface area contributed by atoms with Gasteiger partial charge in [-0.1, -0.05) is 12.8 Å². The van der Waals surface area contributed by atoms with Crippen molar-refractivity contribution in [1.82, 2.24) is 14.6 Å². The van der Waals surface area contributed by atoms with Crippen molar-refractivity contribution in [3.63, 3.8) is 0 Å². The number of fused-ring (bicyclic) bond motifs is 1. The summed E-state index contributed by atoms with van der Waals surface area (Å²) in [5.74, 6) is 0.977. The number of hydrogen-bond donors (Lipinski definition) is 1. The Labute approximate surface area is 113 Å². The van der Waals surface area contributed by atoms with Crippen LogP contribution < -0.4 is 10.6 Å². The van der Waals surface area contributed by atoms with Gasteiger partial charge in [0.2, 0.25) is 0 Å². The van der Waals surface area contributed by atoms with E-state index in [2.05, 4.69) is 28.1 Å². The number of nitrogens with two attached hydrogens (primary N) is 1. The second-order valence-electron chi connectivity index (χ2n) is 5.49. The summed E-state index contributed by atoms with van der Waals surface area (Å²) in [7, 11) is 2.10. The molecular formula is C14H21N5. The van der Waals surface area contributed by atoms with Crippen LogP contribution in [0, 0.1) is 6.92 Å². The lowest BCUT2D eigenvalue weighted by molar-refractivity contribution is 0.372. The SMILES string of the molecule is Cc1cc2c(N(C)C3CCCCC3N)nccn2n1. The van der Waals surface area contributed by atoms with Crippen molar-refractivity contribution in [2.75, 3.05) is 11.9 Å². The zero-order valence-corrected chi connectivity index (χ0v) is 11.6. The molecule has 1 aliphatic rings. The molecule has 1 aliphatic carbocycles. The Morgan fingerprint density at radius 3 is 2.95 bits per heavy atom. The fourth-order valence-electron chi connectivity index (χ4n) is 3.08. The first-order chi connectivity index (χ1) is 9.16. The van der Waals surface area contributed by atoms with E-state index in [0.29, 0.717) is 6.04 Å². The molecule has 2 aromatic heterocycles. The smallest absolute Gasteiger partial charge is 0.154 e. The molecule has 3 rings (SSSR count). The molecule has 0 bridgehead atoms. The molecule has 2 aromatic rings. The standard InChI is InChI=1S/C14H21N5/c1-10-9-13-14(16-7-8-19(13)17-10)18(2)12-6-4-3-5-11(12)15/h7-9,11-12H,3-6,15H2,1-2H3. The summed E-state index contributed by atoms with van der Waals surface area (Å²) in [5.41, 5.74) is 8.34. The minimum Gasteiger partial charge on any atom is -0.353 e. The molecule has 2 unspecified atom stereocenters. The van der Waals surface area contributed by atoms with Crippen molar-refractivity contribution in [1.29, 1.82) is 0 Å². The molecule has 2 heterocycles. The lowest BCUT2D eigenvalue weighted by atomic mass is 9.90. The lowest BCUT2D eigenvalue weighted by Crippen LogP contribution is -2.48. The van der Waals surface area contributed by atoms with Gasteiger partial charge in [0, 0.05) is 31.5 Å². The number of likely N-dealkylation sites (N-methyl/N-ethyl adjacent to an activating group) is 1. The van der Waals surface area contributed by atoms with Gasteiger partial charge < -0.3 is 10.6 Å². The summed E-state index contributed by atoms with van der Waals surface area (Å²) in [6.45, 7) is 2.00. The largest absolute Gasteiger partial charge is 0.353 e. The molecule has 5 nitrogen and oxygen atoms in total. The number of anilines is 1. The molecule has 0 aromatic carbocycles. The van der Waals surface area contributed by atoms with E-state index in [1.807, 2.05) is 17.6 Å². The third-order valence-electron chi connectivity index (χ3n) is 4.10. The summed E-state index contributed by atoms with van der Waals surface area (Å²) in [5, 5.41) is 4.44. The number of aryl methyl sites for hydroxylation is 1.